The molecular weight excluding hydrogens is 332 g/mol. The Hall–Kier alpha value is -3.00. The normalized spacial score (nSPS) is 11.9. The monoisotopic (exact) mass is 344 g/mol. The minimum Gasteiger partial charge on any atom is -0.496 e. The van der Waals surface area contributed by atoms with Crippen molar-refractivity contribution >= 4 is 37.8 Å². The fourth-order valence-corrected chi connectivity index (χ4v) is 3.73. The second kappa shape index (κ2) is 5.27. The molecule has 122 valence electrons. The van der Waals surface area contributed by atoms with E-state index >= 15 is 0 Å². The summed E-state index contributed by atoms with van der Waals surface area (Å²) < 4.78 is 43.7. The Morgan fingerprint density at radius 2 is 1.96 bits per heavy atom. The number of para-hydroxylation sites is 1. The molecule has 1 N–H and O–H groups in total. The third kappa shape index (κ3) is 2.19. The molecule has 7 nitrogen and oxygen atoms in total. The van der Waals surface area contributed by atoms with Crippen molar-refractivity contribution < 1.29 is 22.1 Å². The number of ether oxygens (including phenoxy) is 1. The maximum Gasteiger partial charge on any atom is 0.266 e. The van der Waals surface area contributed by atoms with Gasteiger partial charge in [0.25, 0.3) is 10.0 Å². The molecule has 0 fully saturated rings. The van der Waals surface area contributed by atoms with Gasteiger partial charge in [0.2, 0.25) is 0 Å². The Morgan fingerprint density at radius 1 is 1.12 bits per heavy atom. The second-order valence-corrected chi connectivity index (χ2v) is 6.72. The summed E-state index contributed by atoms with van der Waals surface area (Å²) in [7, 11) is -2.43. The van der Waals surface area contributed by atoms with E-state index in [0.29, 0.717) is 22.1 Å². The lowest BCUT2D eigenvalue weighted by Crippen LogP contribution is -2.13. The molecule has 0 radical (unpaired) electrons. The van der Waals surface area contributed by atoms with Crippen LogP contribution in [0.4, 0.5) is 5.82 Å². The molecule has 0 spiro atoms. The predicted octanol–water partition coefficient (Wildman–Crippen LogP) is 3.38. The van der Waals surface area contributed by atoms with E-state index in [0.717, 1.165) is 0 Å². The van der Waals surface area contributed by atoms with Crippen molar-refractivity contribution in [1.82, 2.24) is 5.16 Å². The van der Waals surface area contributed by atoms with Gasteiger partial charge in [0.15, 0.2) is 17.0 Å². The van der Waals surface area contributed by atoms with Gasteiger partial charge >= 0.3 is 0 Å². The highest BCUT2D eigenvalue weighted by Gasteiger charge is 2.23. The van der Waals surface area contributed by atoms with Crippen LogP contribution in [0.5, 0.6) is 5.75 Å². The number of hydrogen-bond donors (Lipinski definition) is 1. The largest absolute Gasteiger partial charge is 0.496 e. The zero-order chi connectivity index (χ0) is 16.7. The van der Waals surface area contributed by atoms with E-state index in [4.69, 9.17) is 13.7 Å². The van der Waals surface area contributed by atoms with Crippen LogP contribution in [0.3, 0.4) is 0 Å². The first-order valence-electron chi connectivity index (χ1n) is 7.01. The van der Waals surface area contributed by atoms with Crippen LogP contribution in [0.15, 0.2) is 62.6 Å². The number of sulfonamides is 1. The number of fused-ring (bicyclic) bond motifs is 2. The third-order valence-corrected chi connectivity index (χ3v) is 5.01. The molecule has 0 atom stereocenters. The molecule has 0 saturated heterocycles. The molecule has 0 bridgehead atoms. The average molecular weight is 344 g/mol. The first-order chi connectivity index (χ1) is 11.6. The quantitative estimate of drug-likeness (QED) is 0.610. The summed E-state index contributed by atoms with van der Waals surface area (Å²) >= 11 is 0. The van der Waals surface area contributed by atoms with Crippen LogP contribution in [-0.2, 0) is 10.0 Å². The van der Waals surface area contributed by atoms with Gasteiger partial charge in [-0.3, -0.25) is 4.72 Å². The van der Waals surface area contributed by atoms with Gasteiger partial charge in [-0.1, -0.05) is 23.4 Å². The van der Waals surface area contributed by atoms with Crippen LogP contribution in [0.1, 0.15) is 0 Å². The van der Waals surface area contributed by atoms with Crippen LogP contribution >= 0.6 is 0 Å². The number of nitrogens with zero attached hydrogens (tertiary/aromatic N) is 1. The molecule has 4 aromatic rings. The number of anilines is 1. The van der Waals surface area contributed by atoms with Crippen molar-refractivity contribution in [3.05, 3.63) is 48.7 Å². The van der Waals surface area contributed by atoms with Crippen LogP contribution in [0, 0.1) is 0 Å². The van der Waals surface area contributed by atoms with Crippen molar-refractivity contribution in [3.63, 3.8) is 0 Å². The van der Waals surface area contributed by atoms with Gasteiger partial charge in [0, 0.05) is 5.39 Å². The van der Waals surface area contributed by atoms with E-state index in [1.807, 2.05) is 0 Å². The van der Waals surface area contributed by atoms with Gasteiger partial charge in [0.1, 0.15) is 16.0 Å². The summed E-state index contributed by atoms with van der Waals surface area (Å²) in [6, 6.07) is 11.7. The van der Waals surface area contributed by atoms with Gasteiger partial charge in [-0.2, -0.15) is 0 Å². The molecular formula is C16H12N2O5S. The second-order valence-electron chi connectivity index (χ2n) is 5.07. The molecule has 2 heterocycles. The summed E-state index contributed by atoms with van der Waals surface area (Å²) in [6.45, 7) is 0. The summed E-state index contributed by atoms with van der Waals surface area (Å²) in [5.74, 6) is 0.522. The third-order valence-electron chi connectivity index (χ3n) is 3.64. The number of methoxy groups -OCH3 is 1. The molecule has 4 rings (SSSR count). The maximum absolute atomic E-state index is 12.8. The Labute approximate surface area is 136 Å². The summed E-state index contributed by atoms with van der Waals surface area (Å²) in [6.07, 6.45) is 1.44. The molecule has 2 aromatic carbocycles. The highest BCUT2D eigenvalue weighted by molar-refractivity contribution is 7.93. The number of aromatic nitrogens is 1. The number of rotatable bonds is 4. The molecule has 0 saturated carbocycles. The highest BCUT2D eigenvalue weighted by Crippen LogP contribution is 2.34. The van der Waals surface area contributed by atoms with Crippen molar-refractivity contribution in [2.45, 2.75) is 4.90 Å². The lowest BCUT2D eigenvalue weighted by Gasteiger charge is -2.07. The number of benzene rings is 2. The molecule has 8 heteroatoms. The number of hydrogen-bond acceptors (Lipinski definition) is 6. The molecule has 0 aliphatic rings. The molecule has 0 unspecified atom stereocenters. The highest BCUT2D eigenvalue weighted by atomic mass is 32.2. The van der Waals surface area contributed by atoms with E-state index in [1.165, 1.54) is 19.4 Å². The van der Waals surface area contributed by atoms with Crippen LogP contribution in [0.2, 0.25) is 0 Å². The number of nitrogens with one attached hydrogen (secondary N) is 1. The maximum atomic E-state index is 12.8. The first-order valence-corrected chi connectivity index (χ1v) is 8.50. The lowest BCUT2D eigenvalue weighted by molar-refractivity contribution is 0.419. The summed E-state index contributed by atoms with van der Waals surface area (Å²) in [5.41, 5.74) is 0.702. The Balaban J connectivity index is 1.84. The molecule has 0 amide bonds. The van der Waals surface area contributed by atoms with Crippen LogP contribution < -0.4 is 9.46 Å². The minimum absolute atomic E-state index is 0.0241. The predicted molar refractivity (Wildman–Crippen MR) is 87.6 cm³/mol. The van der Waals surface area contributed by atoms with Crippen LogP contribution in [-0.4, -0.2) is 20.7 Å². The van der Waals surface area contributed by atoms with Gasteiger partial charge < -0.3 is 13.7 Å². The van der Waals surface area contributed by atoms with Crippen molar-refractivity contribution in [1.29, 1.82) is 0 Å². The lowest BCUT2D eigenvalue weighted by atomic mass is 10.2. The topological polar surface area (TPSA) is 94.6 Å². The Bertz CT molecular complexity index is 1140. The Kier molecular flexibility index (Phi) is 3.20. The first kappa shape index (κ1) is 14.6. The van der Waals surface area contributed by atoms with Gasteiger partial charge in [-0.25, -0.2) is 8.42 Å². The van der Waals surface area contributed by atoms with Crippen molar-refractivity contribution in [3.8, 4) is 5.75 Å². The van der Waals surface area contributed by atoms with E-state index in [2.05, 4.69) is 9.88 Å². The van der Waals surface area contributed by atoms with E-state index in [1.54, 1.807) is 36.4 Å². The van der Waals surface area contributed by atoms with Gasteiger partial charge in [-0.15, -0.1) is 0 Å². The SMILES string of the molecule is COc1cccc2onc(NS(=O)(=O)c3cccc4ccoc34)c12. The summed E-state index contributed by atoms with van der Waals surface area (Å²) in [4.78, 5) is 0.0241. The molecule has 2 aromatic heterocycles. The van der Waals surface area contributed by atoms with E-state index in [-0.39, 0.29) is 16.3 Å². The zero-order valence-electron chi connectivity index (χ0n) is 12.5. The van der Waals surface area contributed by atoms with Crippen molar-refractivity contribution in [2.24, 2.45) is 0 Å². The standard InChI is InChI=1S/C16H12N2O5S/c1-21-11-5-3-6-12-14(11)16(17-23-12)18-24(19,20)13-7-2-4-10-8-9-22-15(10)13/h2-9H,1H3,(H,17,18). The average Bonchev–Trinajstić information content (AvgIpc) is 3.21. The van der Waals surface area contributed by atoms with Crippen LogP contribution in [0.25, 0.3) is 21.9 Å². The molecule has 0 aliphatic carbocycles. The minimum atomic E-state index is -3.92. The fourth-order valence-electron chi connectivity index (χ4n) is 2.56. The zero-order valence-corrected chi connectivity index (χ0v) is 13.3. The fraction of sp³-hybridized carbons (Fsp3) is 0.0625. The van der Waals surface area contributed by atoms with Gasteiger partial charge in [-0.05, 0) is 24.3 Å². The number of furan rings is 1. The molecule has 24 heavy (non-hydrogen) atoms. The summed E-state index contributed by atoms with van der Waals surface area (Å²) in [5, 5.41) is 4.96. The smallest absolute Gasteiger partial charge is 0.266 e. The van der Waals surface area contributed by atoms with E-state index in [9.17, 15) is 8.42 Å². The Morgan fingerprint density at radius 3 is 2.79 bits per heavy atom. The van der Waals surface area contributed by atoms with Crippen molar-refractivity contribution in [2.75, 3.05) is 11.8 Å². The van der Waals surface area contributed by atoms with Gasteiger partial charge in [0.05, 0.1) is 13.4 Å². The van der Waals surface area contributed by atoms with E-state index < -0.39 is 10.0 Å². The molecule has 0 aliphatic heterocycles.